The molecule has 84 valence electrons. The first-order chi connectivity index (χ1) is 8.35. The largest absolute Gasteiger partial charge is 0.248 e. The number of pyridine rings is 1. The number of benzene rings is 1. The molecule has 1 aromatic carbocycles. The summed E-state index contributed by atoms with van der Waals surface area (Å²) in [5.41, 5.74) is 3.12. The molecule has 0 bridgehead atoms. The average Bonchev–Trinajstić information content (AvgIpc) is 2.39. The van der Waals surface area contributed by atoms with Crippen molar-refractivity contribution < 1.29 is 0 Å². The molecule has 1 nitrogen and oxygen atoms in total. The van der Waals surface area contributed by atoms with Crippen LogP contribution < -0.4 is 0 Å². The number of aromatic nitrogens is 1. The summed E-state index contributed by atoms with van der Waals surface area (Å²) in [7, 11) is 0. The third-order valence-corrected chi connectivity index (χ3v) is 2.62. The van der Waals surface area contributed by atoms with Crippen LogP contribution in [0.3, 0.4) is 0 Å². The highest BCUT2D eigenvalue weighted by Gasteiger charge is 2.00. The van der Waals surface area contributed by atoms with Crippen LogP contribution in [0, 0.1) is 0 Å². The zero-order valence-corrected chi connectivity index (χ0v) is 9.93. The minimum Gasteiger partial charge on any atom is -0.248 e. The van der Waals surface area contributed by atoms with Gasteiger partial charge in [-0.2, -0.15) is 0 Å². The van der Waals surface area contributed by atoms with Gasteiger partial charge in [0.15, 0.2) is 0 Å². The quantitative estimate of drug-likeness (QED) is 0.701. The average molecular weight is 221 g/mol. The van der Waals surface area contributed by atoms with Gasteiger partial charge in [0.05, 0.1) is 11.2 Å². The van der Waals surface area contributed by atoms with E-state index in [-0.39, 0.29) is 0 Å². The molecule has 0 atom stereocenters. The van der Waals surface area contributed by atoms with Crippen molar-refractivity contribution in [3.63, 3.8) is 0 Å². The van der Waals surface area contributed by atoms with Gasteiger partial charge in [-0.3, -0.25) is 0 Å². The fourth-order valence-electron chi connectivity index (χ4n) is 1.73. The molecule has 2 aromatic rings. The number of fused-ring (bicyclic) bond motifs is 1. The smallest absolute Gasteiger partial charge is 0.0709 e. The van der Waals surface area contributed by atoms with Crippen LogP contribution in [0.1, 0.15) is 12.6 Å². The summed E-state index contributed by atoms with van der Waals surface area (Å²) in [4.78, 5) is 4.65. The summed E-state index contributed by atoms with van der Waals surface area (Å²) in [6.45, 7) is 5.69. The molecule has 0 saturated heterocycles. The molecule has 0 unspecified atom stereocenters. The molecule has 0 spiro atoms. The Hall–Kier alpha value is -2.15. The van der Waals surface area contributed by atoms with Crippen molar-refractivity contribution in [2.45, 2.75) is 6.92 Å². The predicted molar refractivity (Wildman–Crippen MR) is 74.7 cm³/mol. The second kappa shape index (κ2) is 5.26. The lowest BCUT2D eigenvalue weighted by Gasteiger charge is -2.03. The zero-order valence-electron chi connectivity index (χ0n) is 9.93. The topological polar surface area (TPSA) is 12.9 Å². The molecule has 2 rings (SSSR count). The molecule has 17 heavy (non-hydrogen) atoms. The normalized spacial score (nSPS) is 12.2. The summed E-state index contributed by atoms with van der Waals surface area (Å²) >= 11 is 0. The van der Waals surface area contributed by atoms with Gasteiger partial charge in [-0.25, -0.2) is 4.98 Å². The van der Waals surface area contributed by atoms with Crippen molar-refractivity contribution in [3.05, 3.63) is 73.0 Å². The number of hydrogen-bond acceptors (Lipinski definition) is 1. The molecule has 0 aliphatic carbocycles. The maximum absolute atomic E-state index is 4.65. The summed E-state index contributed by atoms with van der Waals surface area (Å²) in [5.74, 6) is 0. The number of nitrogens with zero attached hydrogens (tertiary/aromatic N) is 1. The summed E-state index contributed by atoms with van der Waals surface area (Å²) in [6, 6.07) is 12.3. The lowest BCUT2D eigenvalue weighted by molar-refractivity contribution is 1.35. The second-order valence-corrected chi connectivity index (χ2v) is 3.73. The van der Waals surface area contributed by atoms with E-state index in [4.69, 9.17) is 0 Å². The van der Waals surface area contributed by atoms with Gasteiger partial charge in [0.1, 0.15) is 0 Å². The molecule has 1 heteroatoms. The van der Waals surface area contributed by atoms with Gasteiger partial charge >= 0.3 is 0 Å². The van der Waals surface area contributed by atoms with Crippen molar-refractivity contribution in [3.8, 4) is 0 Å². The lowest BCUT2D eigenvalue weighted by atomic mass is 10.1. The highest BCUT2D eigenvalue weighted by Crippen LogP contribution is 2.18. The molecule has 1 heterocycles. The summed E-state index contributed by atoms with van der Waals surface area (Å²) in [6.07, 6.45) is 7.76. The van der Waals surface area contributed by atoms with Crippen LogP contribution in [0.25, 0.3) is 16.5 Å². The SMILES string of the molecule is C=C/C=C\C(=C/C)c1ccc2ccccc2n1. The van der Waals surface area contributed by atoms with E-state index in [1.165, 1.54) is 5.39 Å². The van der Waals surface area contributed by atoms with E-state index < -0.39 is 0 Å². The van der Waals surface area contributed by atoms with E-state index in [1.54, 1.807) is 6.08 Å². The van der Waals surface area contributed by atoms with Crippen molar-refractivity contribution >= 4 is 16.5 Å². The summed E-state index contributed by atoms with van der Waals surface area (Å²) < 4.78 is 0. The monoisotopic (exact) mass is 221 g/mol. The zero-order chi connectivity index (χ0) is 12.1. The van der Waals surface area contributed by atoms with Gasteiger partial charge in [0, 0.05) is 5.39 Å². The standard InChI is InChI=1S/C16H15N/c1-3-5-8-13(4-2)16-12-11-14-9-6-7-10-15(14)17-16/h3-12H,1H2,2H3/b8-5-,13-4+. The Kier molecular flexibility index (Phi) is 3.51. The van der Waals surface area contributed by atoms with Crippen LogP contribution in [0.2, 0.25) is 0 Å². The number of para-hydroxylation sites is 1. The van der Waals surface area contributed by atoms with Gasteiger partial charge in [-0.15, -0.1) is 0 Å². The number of allylic oxidation sites excluding steroid dienone is 5. The van der Waals surface area contributed by atoms with Crippen LogP contribution in [-0.2, 0) is 0 Å². The maximum Gasteiger partial charge on any atom is 0.0709 e. The van der Waals surface area contributed by atoms with E-state index in [0.29, 0.717) is 0 Å². The van der Waals surface area contributed by atoms with Crippen molar-refractivity contribution in [2.24, 2.45) is 0 Å². The van der Waals surface area contributed by atoms with E-state index in [9.17, 15) is 0 Å². The third-order valence-electron chi connectivity index (χ3n) is 2.62. The van der Waals surface area contributed by atoms with Gasteiger partial charge < -0.3 is 0 Å². The molecule has 0 amide bonds. The molecule has 0 aliphatic rings. The minimum absolute atomic E-state index is 0.990. The Balaban J connectivity index is 2.48. The van der Waals surface area contributed by atoms with Crippen LogP contribution in [0.5, 0.6) is 0 Å². The van der Waals surface area contributed by atoms with Crippen LogP contribution >= 0.6 is 0 Å². The fraction of sp³-hybridized carbons (Fsp3) is 0.0625. The Morgan fingerprint density at radius 1 is 1.18 bits per heavy atom. The molecule has 0 radical (unpaired) electrons. The maximum atomic E-state index is 4.65. The van der Waals surface area contributed by atoms with Crippen LogP contribution in [0.4, 0.5) is 0 Å². The Bertz CT molecular complexity index is 591. The Labute approximate surface area is 102 Å². The van der Waals surface area contributed by atoms with Gasteiger partial charge in [0.25, 0.3) is 0 Å². The van der Waals surface area contributed by atoms with Crippen LogP contribution in [-0.4, -0.2) is 4.98 Å². The first kappa shape index (κ1) is 11.3. The predicted octanol–water partition coefficient (Wildman–Crippen LogP) is 4.38. The minimum atomic E-state index is 0.990. The van der Waals surface area contributed by atoms with Crippen LogP contribution in [0.15, 0.2) is 67.3 Å². The first-order valence-corrected chi connectivity index (χ1v) is 5.66. The second-order valence-electron chi connectivity index (χ2n) is 3.73. The third kappa shape index (κ3) is 2.51. The lowest BCUT2D eigenvalue weighted by Crippen LogP contribution is -1.87. The van der Waals surface area contributed by atoms with Crippen molar-refractivity contribution in [1.29, 1.82) is 0 Å². The molecule has 0 N–H and O–H groups in total. The highest BCUT2D eigenvalue weighted by molar-refractivity contribution is 5.82. The molecule has 0 aliphatic heterocycles. The van der Waals surface area contributed by atoms with Gasteiger partial charge in [0.2, 0.25) is 0 Å². The molecule has 1 aromatic heterocycles. The molecular formula is C16H15N. The van der Waals surface area contributed by atoms with E-state index in [2.05, 4.69) is 29.8 Å². The van der Waals surface area contributed by atoms with Gasteiger partial charge in [-0.1, -0.05) is 55.1 Å². The highest BCUT2D eigenvalue weighted by atomic mass is 14.7. The molecule has 0 saturated carbocycles. The van der Waals surface area contributed by atoms with Crippen molar-refractivity contribution in [1.82, 2.24) is 4.98 Å². The summed E-state index contributed by atoms with van der Waals surface area (Å²) in [5, 5.41) is 1.17. The van der Waals surface area contributed by atoms with Crippen molar-refractivity contribution in [2.75, 3.05) is 0 Å². The first-order valence-electron chi connectivity index (χ1n) is 5.66. The van der Waals surface area contributed by atoms with E-state index in [0.717, 1.165) is 16.8 Å². The number of hydrogen-bond donors (Lipinski definition) is 0. The Morgan fingerprint density at radius 2 is 2.00 bits per heavy atom. The van der Waals surface area contributed by atoms with Gasteiger partial charge in [-0.05, 0) is 24.6 Å². The fourth-order valence-corrected chi connectivity index (χ4v) is 1.73. The Morgan fingerprint density at radius 3 is 2.76 bits per heavy atom. The van der Waals surface area contributed by atoms with E-state index in [1.807, 2.05) is 43.3 Å². The van der Waals surface area contributed by atoms with E-state index >= 15 is 0 Å². The number of rotatable bonds is 3. The molecule has 0 fully saturated rings. The molecular weight excluding hydrogens is 206 g/mol.